The van der Waals surface area contributed by atoms with Crippen molar-refractivity contribution in [3.8, 4) is 0 Å². The van der Waals surface area contributed by atoms with Crippen LogP contribution in [0.15, 0.2) is 0 Å². The van der Waals surface area contributed by atoms with Crippen molar-refractivity contribution >= 4 is 0 Å². The molecule has 1 aliphatic heterocycles. The molecule has 0 aromatic rings. The Hall–Kier alpha value is -0.0800. The first-order valence-corrected chi connectivity index (χ1v) is 8.89. The third kappa shape index (κ3) is 2.92. The van der Waals surface area contributed by atoms with Gasteiger partial charge in [0.05, 0.1) is 6.10 Å². The molecule has 20 heavy (non-hydrogen) atoms. The van der Waals surface area contributed by atoms with Crippen LogP contribution in [0.3, 0.4) is 0 Å². The van der Waals surface area contributed by atoms with Crippen LogP contribution in [0.4, 0.5) is 0 Å². The van der Waals surface area contributed by atoms with E-state index >= 15 is 0 Å². The van der Waals surface area contributed by atoms with Crippen LogP contribution < -0.4 is 0 Å². The highest BCUT2D eigenvalue weighted by atomic mass is 16.5. The highest BCUT2D eigenvalue weighted by molar-refractivity contribution is 4.98. The van der Waals surface area contributed by atoms with Crippen LogP contribution in [0.1, 0.15) is 65.2 Å². The van der Waals surface area contributed by atoms with E-state index in [1.165, 1.54) is 64.5 Å². The van der Waals surface area contributed by atoms with Crippen molar-refractivity contribution in [2.24, 2.45) is 17.3 Å². The van der Waals surface area contributed by atoms with E-state index in [0.29, 0.717) is 6.10 Å². The Kier molecular flexibility index (Phi) is 4.42. The lowest BCUT2D eigenvalue weighted by atomic mass is 9.55. The number of ether oxygens (including phenoxy) is 1. The summed E-state index contributed by atoms with van der Waals surface area (Å²) in [5.74, 6) is 1.93. The summed E-state index contributed by atoms with van der Waals surface area (Å²) in [5, 5.41) is 0. The molecule has 0 aromatic heterocycles. The van der Waals surface area contributed by atoms with Gasteiger partial charge in [0, 0.05) is 13.2 Å². The lowest BCUT2D eigenvalue weighted by Crippen LogP contribution is -2.51. The van der Waals surface area contributed by atoms with Gasteiger partial charge in [-0.2, -0.15) is 0 Å². The maximum absolute atomic E-state index is 5.50. The van der Waals surface area contributed by atoms with Crippen molar-refractivity contribution in [1.82, 2.24) is 4.90 Å². The van der Waals surface area contributed by atoms with E-state index in [-0.39, 0.29) is 0 Å². The van der Waals surface area contributed by atoms with Gasteiger partial charge in [0.1, 0.15) is 0 Å². The number of hydrogen-bond acceptors (Lipinski definition) is 2. The summed E-state index contributed by atoms with van der Waals surface area (Å²) in [4.78, 5) is 2.81. The molecule has 1 spiro atoms. The van der Waals surface area contributed by atoms with Gasteiger partial charge in [0.15, 0.2) is 0 Å². The molecule has 0 unspecified atom stereocenters. The molecule has 0 aromatic carbocycles. The van der Waals surface area contributed by atoms with Crippen LogP contribution in [0.25, 0.3) is 0 Å². The van der Waals surface area contributed by atoms with Crippen molar-refractivity contribution in [1.29, 1.82) is 0 Å². The monoisotopic (exact) mass is 279 g/mol. The second-order valence-corrected chi connectivity index (χ2v) is 8.11. The molecule has 2 saturated carbocycles. The molecular weight excluding hydrogens is 246 g/mol. The fourth-order valence-corrected chi connectivity index (χ4v) is 4.94. The Labute approximate surface area is 125 Å². The third-order valence-corrected chi connectivity index (χ3v) is 6.69. The number of nitrogens with zero attached hydrogens (tertiary/aromatic N) is 1. The topological polar surface area (TPSA) is 12.5 Å². The SMILES string of the molecule is COC1CCC(N2CCC3(CC2)CC(C(C)C)C3)CC1. The molecule has 3 fully saturated rings. The Bertz CT molecular complexity index is 303. The Morgan fingerprint density at radius 1 is 1.00 bits per heavy atom. The lowest BCUT2D eigenvalue weighted by molar-refractivity contribution is -0.0487. The van der Waals surface area contributed by atoms with Crippen molar-refractivity contribution in [3.05, 3.63) is 0 Å². The Morgan fingerprint density at radius 3 is 2.10 bits per heavy atom. The van der Waals surface area contributed by atoms with Crippen LogP contribution >= 0.6 is 0 Å². The van der Waals surface area contributed by atoms with Gasteiger partial charge < -0.3 is 9.64 Å². The van der Waals surface area contributed by atoms with Gasteiger partial charge in [0.25, 0.3) is 0 Å². The smallest absolute Gasteiger partial charge is 0.0572 e. The molecule has 0 atom stereocenters. The van der Waals surface area contributed by atoms with E-state index in [2.05, 4.69) is 18.7 Å². The molecule has 3 rings (SSSR count). The second kappa shape index (κ2) is 5.96. The van der Waals surface area contributed by atoms with Gasteiger partial charge in [-0.15, -0.1) is 0 Å². The van der Waals surface area contributed by atoms with Crippen molar-refractivity contribution in [3.63, 3.8) is 0 Å². The normalized spacial score (nSPS) is 35.4. The van der Waals surface area contributed by atoms with E-state index in [1.807, 2.05) is 7.11 Å². The summed E-state index contributed by atoms with van der Waals surface area (Å²) >= 11 is 0. The van der Waals surface area contributed by atoms with Crippen LogP contribution in [0, 0.1) is 17.3 Å². The van der Waals surface area contributed by atoms with E-state index in [1.54, 1.807) is 0 Å². The average molecular weight is 279 g/mol. The molecule has 0 N–H and O–H groups in total. The third-order valence-electron chi connectivity index (χ3n) is 6.69. The molecule has 0 bridgehead atoms. The predicted molar refractivity (Wildman–Crippen MR) is 83.9 cm³/mol. The van der Waals surface area contributed by atoms with Gasteiger partial charge >= 0.3 is 0 Å². The second-order valence-electron chi connectivity index (χ2n) is 8.11. The fourth-order valence-electron chi connectivity index (χ4n) is 4.94. The molecule has 2 heteroatoms. The van der Waals surface area contributed by atoms with Crippen LogP contribution in [0.2, 0.25) is 0 Å². The predicted octanol–water partition coefficient (Wildman–Crippen LogP) is 4.09. The average Bonchev–Trinajstić information content (AvgIpc) is 2.45. The number of methoxy groups -OCH3 is 1. The molecule has 1 saturated heterocycles. The molecule has 3 aliphatic rings. The molecule has 0 radical (unpaired) electrons. The van der Waals surface area contributed by atoms with Crippen molar-refractivity contribution in [2.45, 2.75) is 77.4 Å². The van der Waals surface area contributed by atoms with Crippen molar-refractivity contribution < 1.29 is 4.74 Å². The summed E-state index contributed by atoms with van der Waals surface area (Å²) in [6.45, 7) is 7.54. The Morgan fingerprint density at radius 2 is 1.60 bits per heavy atom. The van der Waals surface area contributed by atoms with Crippen molar-refractivity contribution in [2.75, 3.05) is 20.2 Å². The van der Waals surface area contributed by atoms with Crippen LogP contribution in [0.5, 0.6) is 0 Å². The zero-order valence-corrected chi connectivity index (χ0v) is 13.7. The molecule has 2 aliphatic carbocycles. The van der Waals surface area contributed by atoms with Crippen LogP contribution in [-0.4, -0.2) is 37.2 Å². The highest BCUT2D eigenvalue weighted by Crippen LogP contribution is 2.55. The molecular formula is C18H33NO. The molecule has 0 amide bonds. The largest absolute Gasteiger partial charge is 0.381 e. The minimum Gasteiger partial charge on any atom is -0.381 e. The van der Waals surface area contributed by atoms with Crippen LogP contribution in [-0.2, 0) is 4.74 Å². The number of piperidine rings is 1. The van der Waals surface area contributed by atoms with Gasteiger partial charge in [-0.05, 0) is 81.7 Å². The summed E-state index contributed by atoms with van der Waals surface area (Å²) in [6.07, 6.45) is 11.8. The van der Waals surface area contributed by atoms with Gasteiger partial charge in [-0.25, -0.2) is 0 Å². The Balaban J connectivity index is 1.43. The zero-order valence-electron chi connectivity index (χ0n) is 13.7. The summed E-state index contributed by atoms with van der Waals surface area (Å²) in [7, 11) is 1.87. The summed E-state index contributed by atoms with van der Waals surface area (Å²) < 4.78 is 5.50. The maximum Gasteiger partial charge on any atom is 0.0572 e. The summed E-state index contributed by atoms with van der Waals surface area (Å²) in [5.41, 5.74) is 0.759. The van der Waals surface area contributed by atoms with E-state index in [0.717, 1.165) is 23.3 Å². The van der Waals surface area contributed by atoms with Gasteiger partial charge in [-0.3, -0.25) is 0 Å². The first-order valence-electron chi connectivity index (χ1n) is 8.89. The minimum atomic E-state index is 0.542. The first-order chi connectivity index (χ1) is 9.62. The number of rotatable bonds is 3. The number of likely N-dealkylation sites (tertiary alicyclic amines) is 1. The zero-order chi connectivity index (χ0) is 14.2. The van der Waals surface area contributed by atoms with E-state index < -0.39 is 0 Å². The number of hydrogen-bond donors (Lipinski definition) is 0. The van der Waals surface area contributed by atoms with Gasteiger partial charge in [-0.1, -0.05) is 13.8 Å². The molecule has 116 valence electrons. The quantitative estimate of drug-likeness (QED) is 0.771. The first kappa shape index (κ1) is 14.8. The molecule has 1 heterocycles. The van der Waals surface area contributed by atoms with E-state index in [9.17, 15) is 0 Å². The molecule has 2 nitrogen and oxygen atoms in total. The van der Waals surface area contributed by atoms with Gasteiger partial charge in [0.2, 0.25) is 0 Å². The summed E-state index contributed by atoms with van der Waals surface area (Å²) in [6, 6.07) is 0.861. The lowest BCUT2D eigenvalue weighted by Gasteiger charge is -2.55. The highest BCUT2D eigenvalue weighted by Gasteiger charge is 2.47. The van der Waals surface area contributed by atoms with E-state index in [4.69, 9.17) is 4.74 Å². The standard InChI is InChI=1S/C18H33NO/c1-14(2)15-12-18(13-15)8-10-19(11-9-18)16-4-6-17(20-3)7-5-16/h14-17H,4-13H2,1-3H3. The maximum atomic E-state index is 5.50. The fraction of sp³-hybridized carbons (Fsp3) is 1.00. The minimum absolute atomic E-state index is 0.542.